The maximum atomic E-state index is 13.3. The van der Waals surface area contributed by atoms with Gasteiger partial charge in [-0.25, -0.2) is 0 Å². The van der Waals surface area contributed by atoms with Crippen LogP contribution in [0.15, 0.2) is 48.5 Å². The lowest BCUT2D eigenvalue weighted by Crippen LogP contribution is -2.63. The van der Waals surface area contributed by atoms with Gasteiger partial charge in [0, 0.05) is 5.56 Å². The Labute approximate surface area is 322 Å². The van der Waals surface area contributed by atoms with Crippen LogP contribution in [0, 0.1) is 0 Å². The third-order valence-electron chi connectivity index (χ3n) is 9.33. The van der Waals surface area contributed by atoms with Gasteiger partial charge in [-0.05, 0) is 101 Å². The second kappa shape index (κ2) is 22.0. The van der Waals surface area contributed by atoms with Crippen LogP contribution in [0.2, 0.25) is 0 Å². The van der Waals surface area contributed by atoms with Gasteiger partial charge in [0.1, 0.15) is 24.2 Å². The molecule has 55 heavy (non-hydrogen) atoms. The van der Waals surface area contributed by atoms with Crippen LogP contribution in [0.25, 0.3) is 11.1 Å². The van der Waals surface area contributed by atoms with Gasteiger partial charge in [0.2, 0.25) is 17.7 Å². The Hall–Kier alpha value is -4.74. The van der Waals surface area contributed by atoms with Crippen LogP contribution in [0.4, 0.5) is 0 Å². The third-order valence-corrected chi connectivity index (χ3v) is 9.33. The summed E-state index contributed by atoms with van der Waals surface area (Å²) < 4.78 is 5.19. The molecule has 1 fully saturated rings. The van der Waals surface area contributed by atoms with Crippen molar-refractivity contribution in [1.82, 2.24) is 26.6 Å². The number of carbonyl (C=O) groups excluding carboxylic acids is 6. The molecule has 302 valence electrons. The number of ether oxygens (including phenoxy) is 1. The number of hydrogen-bond donors (Lipinski definition) is 9. The number of amides is 5. The zero-order valence-electron chi connectivity index (χ0n) is 32.1. The number of hydrogen-bond acceptors (Lipinski definition) is 11. The van der Waals surface area contributed by atoms with Crippen molar-refractivity contribution in [3.8, 4) is 11.1 Å². The molecule has 0 aliphatic carbocycles. The lowest BCUT2D eigenvalue weighted by Gasteiger charge is -2.26. The predicted octanol–water partition coefficient (Wildman–Crippen LogP) is -0.115. The summed E-state index contributed by atoms with van der Waals surface area (Å²) in [4.78, 5) is 78.4. The summed E-state index contributed by atoms with van der Waals surface area (Å²) in [6, 6.07) is 10.4. The minimum Gasteiger partial charge on any atom is -0.391 e. The van der Waals surface area contributed by atoms with Gasteiger partial charge in [-0.15, -0.1) is 0 Å². The van der Waals surface area contributed by atoms with E-state index >= 15 is 0 Å². The number of aliphatic hydroxyl groups excluding tert-OH is 1. The molecule has 0 spiro atoms. The lowest BCUT2D eigenvalue weighted by atomic mass is 10.0. The molecule has 8 unspecified atom stereocenters. The molecule has 1 aliphatic rings. The Kier molecular flexibility index (Phi) is 17.8. The topological polar surface area (TPSA) is 273 Å². The number of nitrogens with one attached hydrogen (secondary N) is 5. The smallest absolute Gasteiger partial charge is 0.258 e. The van der Waals surface area contributed by atoms with Gasteiger partial charge in [0.25, 0.3) is 11.8 Å². The molecule has 3 rings (SSSR count). The van der Waals surface area contributed by atoms with Crippen LogP contribution >= 0.6 is 0 Å². The molecule has 1 heterocycles. The molecule has 2 aromatic rings. The van der Waals surface area contributed by atoms with E-state index in [2.05, 4.69) is 45.6 Å². The van der Waals surface area contributed by atoms with Crippen molar-refractivity contribution in [2.24, 2.45) is 17.2 Å². The molecule has 16 heteroatoms. The van der Waals surface area contributed by atoms with E-state index in [0.29, 0.717) is 24.9 Å². The van der Waals surface area contributed by atoms with E-state index in [1.807, 2.05) is 24.3 Å². The molecule has 0 radical (unpaired) electrons. The Balaban J connectivity index is 1.60. The second-order valence-electron chi connectivity index (χ2n) is 13.9. The minimum atomic E-state index is -1.70. The fraction of sp³-hybridized carbons (Fsp3) is 0.538. The number of unbranched alkanes of at least 4 members (excludes halogenated alkanes) is 2. The number of nitrogens with two attached hydrogens (primary N) is 3. The first-order valence-corrected chi connectivity index (χ1v) is 18.9. The summed E-state index contributed by atoms with van der Waals surface area (Å²) in [6.45, 7) is 7.02. The minimum absolute atomic E-state index is 0.0145. The van der Waals surface area contributed by atoms with Gasteiger partial charge in [0.15, 0.2) is 11.9 Å². The second-order valence-corrected chi connectivity index (χ2v) is 13.9. The quantitative estimate of drug-likeness (QED) is 0.0409. The van der Waals surface area contributed by atoms with E-state index in [9.17, 15) is 33.9 Å². The maximum Gasteiger partial charge on any atom is 0.258 e. The molecule has 0 saturated carbocycles. The number of ketones is 1. The highest BCUT2D eigenvalue weighted by atomic mass is 16.6. The SMILES string of the molecule is CCCCc1ccc(-c2ccc(C(=O)NC(CCN)C(=O)NC(C(=O)NC(N)C(=O)NC(CCCCN)C(=O)NC(C)C(=O)C3OC3C)C(C)O)cc2)cc1. The van der Waals surface area contributed by atoms with Crippen molar-refractivity contribution in [2.45, 2.75) is 121 Å². The average Bonchev–Trinajstić information content (AvgIpc) is 3.90. The highest BCUT2D eigenvalue weighted by molar-refractivity contribution is 5.99. The average molecular weight is 767 g/mol. The summed E-state index contributed by atoms with van der Waals surface area (Å²) in [5.74, 6) is -4.22. The molecule has 1 saturated heterocycles. The summed E-state index contributed by atoms with van der Waals surface area (Å²) in [7, 11) is 0. The van der Waals surface area contributed by atoms with Gasteiger partial charge in [0.05, 0.1) is 18.2 Å². The molecule has 1 aliphatic heterocycles. The third kappa shape index (κ3) is 13.8. The Bertz CT molecular complexity index is 1600. The number of aliphatic hydroxyl groups is 1. The highest BCUT2D eigenvalue weighted by Crippen LogP contribution is 2.23. The maximum absolute atomic E-state index is 13.3. The van der Waals surface area contributed by atoms with E-state index in [1.165, 1.54) is 19.4 Å². The number of benzene rings is 2. The molecular weight excluding hydrogens is 708 g/mol. The Morgan fingerprint density at radius 2 is 1.31 bits per heavy atom. The first-order chi connectivity index (χ1) is 26.2. The first kappa shape index (κ1) is 44.7. The predicted molar refractivity (Wildman–Crippen MR) is 207 cm³/mol. The van der Waals surface area contributed by atoms with Crippen molar-refractivity contribution >= 4 is 35.3 Å². The molecular formula is C39H58N8O8. The van der Waals surface area contributed by atoms with E-state index in [0.717, 1.165) is 30.4 Å². The van der Waals surface area contributed by atoms with Crippen molar-refractivity contribution in [2.75, 3.05) is 13.1 Å². The van der Waals surface area contributed by atoms with Crippen LogP contribution in [0.1, 0.15) is 82.1 Å². The zero-order valence-corrected chi connectivity index (χ0v) is 32.1. The largest absolute Gasteiger partial charge is 0.391 e. The fourth-order valence-corrected chi connectivity index (χ4v) is 5.84. The molecule has 0 aromatic heterocycles. The van der Waals surface area contributed by atoms with Gasteiger partial charge >= 0.3 is 0 Å². The summed E-state index contributed by atoms with van der Waals surface area (Å²) in [6.07, 6.45) is 0.486. The van der Waals surface area contributed by atoms with Gasteiger partial charge in [-0.2, -0.15) is 0 Å². The fourth-order valence-electron chi connectivity index (χ4n) is 5.84. The lowest BCUT2D eigenvalue weighted by molar-refractivity contribution is -0.136. The number of epoxide rings is 1. The highest BCUT2D eigenvalue weighted by Gasteiger charge is 2.43. The van der Waals surface area contributed by atoms with Gasteiger partial charge in [-0.3, -0.25) is 28.8 Å². The van der Waals surface area contributed by atoms with E-state index in [1.54, 1.807) is 19.1 Å². The van der Waals surface area contributed by atoms with Crippen LogP contribution in [-0.2, 0) is 35.1 Å². The van der Waals surface area contributed by atoms with Crippen LogP contribution in [0.5, 0.6) is 0 Å². The monoisotopic (exact) mass is 766 g/mol. The van der Waals surface area contributed by atoms with Crippen molar-refractivity contribution in [1.29, 1.82) is 0 Å². The molecule has 5 amide bonds. The van der Waals surface area contributed by atoms with E-state index < -0.39 is 72.1 Å². The number of aryl methyl sites for hydroxylation is 1. The summed E-state index contributed by atoms with van der Waals surface area (Å²) >= 11 is 0. The Morgan fingerprint density at radius 1 is 0.727 bits per heavy atom. The van der Waals surface area contributed by atoms with Crippen LogP contribution < -0.4 is 43.8 Å². The van der Waals surface area contributed by atoms with E-state index in [-0.39, 0.29) is 31.3 Å². The standard InChI is InChI=1S/C39H58N8O8/c1-5-6-9-25-11-13-26(14-12-25)27-15-17-28(18-16-27)35(50)44-30(19-21-41)37(52)46-31(23(3)48)38(53)47-34(42)39(54)45-29(10-7-8-20-40)36(51)43-22(2)32(49)33-24(4)55-33/h11-18,22-24,29-31,33-34,48H,5-10,19-21,40-42H2,1-4H3,(H,43,51)(H,44,50)(H,45,54)(H,46,52)(H,47,53). The molecule has 0 bridgehead atoms. The van der Waals surface area contributed by atoms with Crippen molar-refractivity contribution < 1.29 is 38.6 Å². The van der Waals surface area contributed by atoms with Crippen LogP contribution in [-0.4, -0.2) is 102 Å². The normalized spacial score (nSPS) is 18.0. The first-order valence-electron chi connectivity index (χ1n) is 18.9. The number of Topliss-reactive ketones (excluding diaryl/α,β-unsaturated/α-hetero) is 1. The summed E-state index contributed by atoms with van der Waals surface area (Å²) in [5, 5.41) is 22.8. The molecule has 8 atom stereocenters. The molecule has 2 aromatic carbocycles. The van der Waals surface area contributed by atoms with Gasteiger partial charge in [-0.1, -0.05) is 49.7 Å². The van der Waals surface area contributed by atoms with E-state index in [4.69, 9.17) is 21.9 Å². The number of rotatable bonds is 23. The zero-order chi connectivity index (χ0) is 40.7. The van der Waals surface area contributed by atoms with Crippen molar-refractivity contribution in [3.05, 3.63) is 59.7 Å². The van der Waals surface area contributed by atoms with Gasteiger partial charge < -0.3 is 53.6 Å². The number of carbonyl (C=O) groups is 6. The van der Waals surface area contributed by atoms with Crippen molar-refractivity contribution in [3.63, 3.8) is 0 Å². The Morgan fingerprint density at radius 3 is 1.85 bits per heavy atom. The molecule has 16 nitrogen and oxygen atoms in total. The van der Waals surface area contributed by atoms with Crippen LogP contribution in [0.3, 0.4) is 0 Å². The molecule has 12 N–H and O–H groups in total. The summed E-state index contributed by atoms with van der Waals surface area (Å²) in [5.41, 5.74) is 20.8.